The van der Waals surface area contributed by atoms with Gasteiger partial charge in [0.05, 0.1) is 6.61 Å². The van der Waals surface area contributed by atoms with E-state index in [1.807, 2.05) is 0 Å². The maximum absolute atomic E-state index is 5.40. The van der Waals surface area contributed by atoms with Crippen LogP contribution in [0.25, 0.3) is 0 Å². The summed E-state index contributed by atoms with van der Waals surface area (Å²) in [5.41, 5.74) is 0. The minimum Gasteiger partial charge on any atom is -0.381 e. The van der Waals surface area contributed by atoms with Crippen molar-refractivity contribution in [2.45, 2.75) is 25.8 Å². The maximum atomic E-state index is 5.40. The summed E-state index contributed by atoms with van der Waals surface area (Å²) in [5.74, 6) is 1.56. The predicted octanol–water partition coefficient (Wildman–Crippen LogP) is 0.350. The Morgan fingerprint density at radius 1 is 1.57 bits per heavy atom. The van der Waals surface area contributed by atoms with Crippen LogP contribution in [-0.2, 0) is 4.74 Å². The molecule has 0 aromatic carbocycles. The van der Waals surface area contributed by atoms with Crippen LogP contribution in [0.1, 0.15) is 19.8 Å². The highest BCUT2D eigenvalue weighted by Gasteiger charge is 2.22. The van der Waals surface area contributed by atoms with Crippen molar-refractivity contribution in [2.24, 2.45) is 10.9 Å². The zero-order chi connectivity index (χ0) is 9.80. The van der Waals surface area contributed by atoms with Crippen LogP contribution in [-0.4, -0.2) is 38.3 Å². The van der Waals surface area contributed by atoms with Gasteiger partial charge in [-0.1, -0.05) is 6.92 Å². The lowest BCUT2D eigenvalue weighted by molar-refractivity contribution is 0.0438. The topological polar surface area (TPSA) is 45.6 Å². The molecule has 1 fully saturated rings. The van der Waals surface area contributed by atoms with Crippen molar-refractivity contribution in [3.63, 3.8) is 0 Å². The third-order valence-corrected chi connectivity index (χ3v) is 2.86. The molecule has 2 aliphatic rings. The number of guanidine groups is 1. The van der Waals surface area contributed by atoms with Crippen molar-refractivity contribution >= 4 is 5.96 Å². The van der Waals surface area contributed by atoms with Gasteiger partial charge < -0.3 is 15.4 Å². The van der Waals surface area contributed by atoms with Crippen LogP contribution < -0.4 is 10.6 Å². The number of nitrogens with zero attached hydrogens (tertiary/aromatic N) is 1. The van der Waals surface area contributed by atoms with Crippen molar-refractivity contribution in [2.75, 3.05) is 26.3 Å². The van der Waals surface area contributed by atoms with E-state index in [1.54, 1.807) is 0 Å². The normalized spacial score (nSPS) is 33.1. The lowest BCUT2D eigenvalue weighted by Gasteiger charge is -2.31. The van der Waals surface area contributed by atoms with E-state index in [-0.39, 0.29) is 0 Å². The predicted molar refractivity (Wildman–Crippen MR) is 56.4 cm³/mol. The molecule has 2 unspecified atom stereocenters. The van der Waals surface area contributed by atoms with Crippen molar-refractivity contribution in [3.05, 3.63) is 0 Å². The summed E-state index contributed by atoms with van der Waals surface area (Å²) in [4.78, 5) is 4.41. The Morgan fingerprint density at radius 3 is 3.21 bits per heavy atom. The molecule has 0 aliphatic carbocycles. The summed E-state index contributed by atoms with van der Waals surface area (Å²) < 4.78 is 5.40. The van der Waals surface area contributed by atoms with Gasteiger partial charge in [-0.15, -0.1) is 0 Å². The van der Waals surface area contributed by atoms with Crippen molar-refractivity contribution in [3.8, 4) is 0 Å². The molecule has 4 heteroatoms. The smallest absolute Gasteiger partial charge is 0.191 e. The summed E-state index contributed by atoms with van der Waals surface area (Å²) in [5, 5.41) is 6.75. The van der Waals surface area contributed by atoms with E-state index in [2.05, 4.69) is 22.5 Å². The van der Waals surface area contributed by atoms with E-state index in [0.29, 0.717) is 12.0 Å². The fourth-order valence-electron chi connectivity index (χ4n) is 1.90. The number of rotatable bonds is 1. The van der Waals surface area contributed by atoms with E-state index in [1.165, 1.54) is 0 Å². The number of nitrogens with one attached hydrogen (secondary N) is 2. The average molecular weight is 197 g/mol. The molecule has 0 saturated carbocycles. The molecular weight excluding hydrogens is 178 g/mol. The standard InChI is InChI=1S/C10H19N3O/c1-8-7-14-6-3-9(8)13-10-11-4-2-5-12-10/h8-9H,2-7H2,1H3,(H2,11,12,13). The summed E-state index contributed by atoms with van der Waals surface area (Å²) in [7, 11) is 0. The largest absolute Gasteiger partial charge is 0.381 e. The van der Waals surface area contributed by atoms with Gasteiger partial charge in [-0.25, -0.2) is 0 Å². The van der Waals surface area contributed by atoms with Gasteiger partial charge in [0.15, 0.2) is 5.96 Å². The molecule has 2 rings (SSSR count). The quantitative estimate of drug-likeness (QED) is 0.637. The lowest BCUT2D eigenvalue weighted by atomic mass is 9.98. The van der Waals surface area contributed by atoms with Crippen LogP contribution in [0.5, 0.6) is 0 Å². The minimum absolute atomic E-state index is 0.521. The molecule has 2 aliphatic heterocycles. The van der Waals surface area contributed by atoms with Crippen LogP contribution in [0.3, 0.4) is 0 Å². The van der Waals surface area contributed by atoms with Crippen LogP contribution in [0.2, 0.25) is 0 Å². The molecule has 80 valence electrons. The fourth-order valence-corrected chi connectivity index (χ4v) is 1.90. The Kier molecular flexibility index (Phi) is 3.24. The summed E-state index contributed by atoms with van der Waals surface area (Å²) in [6, 6.07) is 0.521. The second-order valence-corrected chi connectivity index (χ2v) is 4.10. The maximum Gasteiger partial charge on any atom is 0.191 e. The second kappa shape index (κ2) is 4.64. The minimum atomic E-state index is 0.521. The molecule has 0 amide bonds. The molecule has 0 spiro atoms. The molecule has 4 nitrogen and oxygen atoms in total. The monoisotopic (exact) mass is 197 g/mol. The fraction of sp³-hybridized carbons (Fsp3) is 0.900. The first kappa shape index (κ1) is 9.77. The SMILES string of the molecule is CC1COCCC1NC1=NCCCN1. The highest BCUT2D eigenvalue weighted by atomic mass is 16.5. The molecule has 0 radical (unpaired) electrons. The summed E-state index contributed by atoms with van der Waals surface area (Å²) in [6.07, 6.45) is 2.23. The molecule has 0 bridgehead atoms. The van der Waals surface area contributed by atoms with E-state index < -0.39 is 0 Å². The van der Waals surface area contributed by atoms with E-state index in [9.17, 15) is 0 Å². The van der Waals surface area contributed by atoms with Gasteiger partial charge in [-0.2, -0.15) is 0 Å². The zero-order valence-electron chi connectivity index (χ0n) is 8.75. The molecule has 2 atom stereocenters. The highest BCUT2D eigenvalue weighted by molar-refractivity contribution is 5.80. The molecular formula is C10H19N3O. The van der Waals surface area contributed by atoms with Crippen LogP contribution in [0.15, 0.2) is 4.99 Å². The van der Waals surface area contributed by atoms with E-state index >= 15 is 0 Å². The van der Waals surface area contributed by atoms with Crippen molar-refractivity contribution in [1.82, 2.24) is 10.6 Å². The van der Waals surface area contributed by atoms with Gasteiger partial charge in [-0.05, 0) is 18.8 Å². The zero-order valence-corrected chi connectivity index (χ0v) is 8.75. The first-order chi connectivity index (χ1) is 6.86. The van der Waals surface area contributed by atoms with Gasteiger partial charge in [0.2, 0.25) is 0 Å². The van der Waals surface area contributed by atoms with Crippen molar-refractivity contribution < 1.29 is 4.74 Å². The number of aliphatic imine (C=N–C) groups is 1. The Balaban J connectivity index is 1.85. The Morgan fingerprint density at radius 2 is 2.50 bits per heavy atom. The van der Waals surface area contributed by atoms with Crippen LogP contribution in [0, 0.1) is 5.92 Å². The van der Waals surface area contributed by atoms with Crippen LogP contribution >= 0.6 is 0 Å². The third-order valence-electron chi connectivity index (χ3n) is 2.86. The van der Waals surface area contributed by atoms with Gasteiger partial charge in [0.1, 0.15) is 0 Å². The Bertz CT molecular complexity index is 217. The molecule has 1 saturated heterocycles. The summed E-state index contributed by atoms with van der Waals surface area (Å²) in [6.45, 7) is 5.96. The van der Waals surface area contributed by atoms with E-state index in [0.717, 1.165) is 45.1 Å². The highest BCUT2D eigenvalue weighted by Crippen LogP contribution is 2.13. The summed E-state index contributed by atoms with van der Waals surface area (Å²) >= 11 is 0. The van der Waals surface area contributed by atoms with E-state index in [4.69, 9.17) is 4.74 Å². The van der Waals surface area contributed by atoms with Gasteiger partial charge in [0, 0.05) is 25.7 Å². The number of hydrogen-bond acceptors (Lipinski definition) is 4. The molecule has 0 aromatic heterocycles. The Hall–Kier alpha value is -0.770. The number of ether oxygens (including phenoxy) is 1. The third kappa shape index (κ3) is 2.38. The molecule has 2 N–H and O–H groups in total. The van der Waals surface area contributed by atoms with Gasteiger partial charge in [0.25, 0.3) is 0 Å². The lowest BCUT2D eigenvalue weighted by Crippen LogP contribution is -2.50. The van der Waals surface area contributed by atoms with Crippen LogP contribution in [0.4, 0.5) is 0 Å². The average Bonchev–Trinajstić information content (AvgIpc) is 2.23. The first-order valence-electron chi connectivity index (χ1n) is 5.49. The number of hydrogen-bond donors (Lipinski definition) is 2. The Labute approximate surface area is 85.1 Å². The van der Waals surface area contributed by atoms with Crippen molar-refractivity contribution in [1.29, 1.82) is 0 Å². The molecule has 14 heavy (non-hydrogen) atoms. The molecule has 2 heterocycles. The molecule has 0 aromatic rings. The second-order valence-electron chi connectivity index (χ2n) is 4.10. The first-order valence-corrected chi connectivity index (χ1v) is 5.49. The van der Waals surface area contributed by atoms with Gasteiger partial charge in [-0.3, -0.25) is 4.99 Å². The van der Waals surface area contributed by atoms with Gasteiger partial charge >= 0.3 is 0 Å².